The number of hydrogen-bond acceptors (Lipinski definition) is 3. The molecule has 1 unspecified atom stereocenters. The Balaban J connectivity index is 1.34. The Morgan fingerprint density at radius 1 is 1.19 bits per heavy atom. The number of hydrogen-bond donors (Lipinski definition) is 2. The predicted molar refractivity (Wildman–Crippen MR) is 103 cm³/mol. The van der Waals surface area contributed by atoms with Crippen molar-refractivity contribution >= 4 is 16.8 Å². The number of aromatic nitrogens is 2. The highest BCUT2D eigenvalue weighted by Crippen LogP contribution is 2.24. The number of nitrogens with zero attached hydrogens (tertiary/aromatic N) is 2. The molecule has 134 valence electrons. The molecule has 0 radical (unpaired) electrons. The second-order valence-electron chi connectivity index (χ2n) is 7.02. The van der Waals surface area contributed by atoms with E-state index in [-0.39, 0.29) is 11.9 Å². The maximum absolute atomic E-state index is 12.6. The number of benzene rings is 1. The number of pyridine rings is 1. The van der Waals surface area contributed by atoms with Gasteiger partial charge in [-0.25, -0.2) is 0 Å². The molecule has 3 heterocycles. The highest BCUT2D eigenvalue weighted by atomic mass is 16.1. The molecule has 3 aromatic rings. The fourth-order valence-corrected chi connectivity index (χ4v) is 3.75. The van der Waals surface area contributed by atoms with Gasteiger partial charge in [-0.1, -0.05) is 0 Å². The molecule has 1 aliphatic rings. The zero-order valence-electron chi connectivity index (χ0n) is 15.0. The minimum absolute atomic E-state index is 0.0220. The molecule has 0 bridgehead atoms. The van der Waals surface area contributed by atoms with Crippen molar-refractivity contribution < 1.29 is 4.79 Å². The van der Waals surface area contributed by atoms with Gasteiger partial charge >= 0.3 is 0 Å². The van der Waals surface area contributed by atoms with E-state index in [9.17, 15) is 4.79 Å². The van der Waals surface area contributed by atoms with Gasteiger partial charge in [0.2, 0.25) is 0 Å². The van der Waals surface area contributed by atoms with Crippen molar-refractivity contribution in [2.24, 2.45) is 0 Å². The Labute approximate surface area is 153 Å². The van der Waals surface area contributed by atoms with Crippen LogP contribution in [0.1, 0.15) is 41.7 Å². The summed E-state index contributed by atoms with van der Waals surface area (Å²) in [6.45, 7) is 4.22. The summed E-state index contributed by atoms with van der Waals surface area (Å²) in [6.07, 6.45) is 7.55. The Morgan fingerprint density at radius 2 is 1.96 bits per heavy atom. The van der Waals surface area contributed by atoms with Gasteiger partial charge in [-0.15, -0.1) is 0 Å². The van der Waals surface area contributed by atoms with Crippen molar-refractivity contribution in [1.82, 2.24) is 20.2 Å². The lowest BCUT2D eigenvalue weighted by atomic mass is 10.0. The Hall–Kier alpha value is -2.66. The van der Waals surface area contributed by atoms with Gasteiger partial charge in [0.1, 0.15) is 0 Å². The van der Waals surface area contributed by atoms with Crippen LogP contribution in [0.5, 0.6) is 0 Å². The predicted octanol–water partition coefficient (Wildman–Crippen LogP) is 3.52. The van der Waals surface area contributed by atoms with Crippen molar-refractivity contribution in [3.05, 3.63) is 66.1 Å². The average Bonchev–Trinajstić information content (AvgIpc) is 3.16. The summed E-state index contributed by atoms with van der Waals surface area (Å²) in [6, 6.07) is 12.6. The van der Waals surface area contributed by atoms with E-state index in [1.165, 1.54) is 5.56 Å². The summed E-state index contributed by atoms with van der Waals surface area (Å²) < 4.78 is 0. The van der Waals surface area contributed by atoms with E-state index < -0.39 is 0 Å². The van der Waals surface area contributed by atoms with Crippen LogP contribution in [0.4, 0.5) is 0 Å². The lowest BCUT2D eigenvalue weighted by Crippen LogP contribution is -2.45. The number of amides is 1. The first-order valence-corrected chi connectivity index (χ1v) is 9.23. The Kier molecular flexibility index (Phi) is 4.71. The van der Waals surface area contributed by atoms with Crippen LogP contribution >= 0.6 is 0 Å². The summed E-state index contributed by atoms with van der Waals surface area (Å²) in [4.78, 5) is 22.3. The quantitative estimate of drug-likeness (QED) is 0.758. The summed E-state index contributed by atoms with van der Waals surface area (Å²) in [5.74, 6) is 0.0220. The highest BCUT2D eigenvalue weighted by molar-refractivity contribution is 5.98. The van der Waals surface area contributed by atoms with E-state index >= 15 is 0 Å². The van der Waals surface area contributed by atoms with E-state index in [1.54, 1.807) is 0 Å². The molecule has 2 aromatic heterocycles. The van der Waals surface area contributed by atoms with Gasteiger partial charge in [-0.05, 0) is 61.7 Å². The van der Waals surface area contributed by atoms with Crippen LogP contribution in [0.25, 0.3) is 10.9 Å². The van der Waals surface area contributed by atoms with Crippen molar-refractivity contribution in [3.8, 4) is 0 Å². The average molecular weight is 348 g/mol. The van der Waals surface area contributed by atoms with Gasteiger partial charge in [0, 0.05) is 60.2 Å². The Bertz CT molecular complexity index is 881. The van der Waals surface area contributed by atoms with Gasteiger partial charge in [0.25, 0.3) is 5.91 Å². The number of nitrogens with one attached hydrogen (secondary N) is 2. The Morgan fingerprint density at radius 3 is 2.73 bits per heavy atom. The van der Waals surface area contributed by atoms with Gasteiger partial charge in [-0.3, -0.25) is 14.7 Å². The normalized spacial score (nSPS) is 17.3. The van der Waals surface area contributed by atoms with E-state index in [1.807, 2.05) is 42.9 Å². The number of rotatable bonds is 4. The maximum atomic E-state index is 12.6. The fraction of sp³-hybridized carbons (Fsp3) is 0.333. The molecule has 5 heteroatoms. The smallest absolute Gasteiger partial charge is 0.251 e. The van der Waals surface area contributed by atoms with Crippen molar-refractivity contribution in [2.75, 3.05) is 13.1 Å². The monoisotopic (exact) mass is 348 g/mol. The number of H-pyrrole nitrogens is 1. The molecule has 0 saturated carbocycles. The van der Waals surface area contributed by atoms with Crippen LogP contribution in [0.2, 0.25) is 0 Å². The van der Waals surface area contributed by atoms with E-state index in [0.717, 1.165) is 42.4 Å². The molecule has 1 aliphatic heterocycles. The lowest BCUT2D eigenvalue weighted by molar-refractivity contribution is 0.0896. The summed E-state index contributed by atoms with van der Waals surface area (Å²) >= 11 is 0. The SMILES string of the molecule is CC(c1ccncc1)N1CCC(NC(=O)c2ccc3[nH]ccc3c2)CC1. The number of carbonyl (C=O) groups excluding carboxylic acids is 1. The first-order valence-electron chi connectivity index (χ1n) is 9.23. The second-order valence-corrected chi connectivity index (χ2v) is 7.02. The van der Waals surface area contributed by atoms with Gasteiger partial charge in [0.05, 0.1) is 0 Å². The number of fused-ring (bicyclic) bond motifs is 1. The van der Waals surface area contributed by atoms with Gasteiger partial charge in [0.15, 0.2) is 0 Å². The lowest BCUT2D eigenvalue weighted by Gasteiger charge is -2.36. The topological polar surface area (TPSA) is 61.0 Å². The minimum Gasteiger partial charge on any atom is -0.361 e. The molecule has 0 spiro atoms. The molecule has 1 atom stereocenters. The van der Waals surface area contributed by atoms with Crippen molar-refractivity contribution in [1.29, 1.82) is 0 Å². The summed E-state index contributed by atoms with van der Waals surface area (Å²) in [5, 5.41) is 4.27. The number of aromatic amines is 1. The molecule has 26 heavy (non-hydrogen) atoms. The van der Waals surface area contributed by atoms with E-state index in [2.05, 4.69) is 39.2 Å². The standard InChI is InChI=1S/C21H24N4O/c1-15(16-4-9-22-10-5-16)25-12-7-19(8-13-25)24-21(26)18-2-3-20-17(14-18)6-11-23-20/h2-6,9-11,14-15,19,23H,7-8,12-13H2,1H3,(H,24,26). The maximum Gasteiger partial charge on any atom is 0.251 e. The molecule has 2 N–H and O–H groups in total. The van der Waals surface area contributed by atoms with Crippen molar-refractivity contribution in [3.63, 3.8) is 0 Å². The number of piperidine rings is 1. The number of likely N-dealkylation sites (tertiary alicyclic amines) is 1. The molecule has 1 saturated heterocycles. The third-order valence-electron chi connectivity index (χ3n) is 5.42. The van der Waals surface area contributed by atoms with E-state index in [0.29, 0.717) is 6.04 Å². The third-order valence-corrected chi connectivity index (χ3v) is 5.42. The van der Waals surface area contributed by atoms with Crippen LogP contribution in [-0.2, 0) is 0 Å². The zero-order valence-corrected chi connectivity index (χ0v) is 15.0. The first kappa shape index (κ1) is 16.8. The van der Waals surface area contributed by atoms with Crippen molar-refractivity contribution in [2.45, 2.75) is 31.8 Å². The largest absolute Gasteiger partial charge is 0.361 e. The molecule has 0 aliphatic carbocycles. The molecular weight excluding hydrogens is 324 g/mol. The molecule has 4 rings (SSSR count). The highest BCUT2D eigenvalue weighted by Gasteiger charge is 2.24. The van der Waals surface area contributed by atoms with Crippen LogP contribution in [0.15, 0.2) is 55.0 Å². The van der Waals surface area contributed by atoms with Gasteiger partial charge in [-0.2, -0.15) is 0 Å². The van der Waals surface area contributed by atoms with Crippen LogP contribution in [0.3, 0.4) is 0 Å². The number of carbonyl (C=O) groups is 1. The molecule has 5 nitrogen and oxygen atoms in total. The van der Waals surface area contributed by atoms with Crippen LogP contribution < -0.4 is 5.32 Å². The van der Waals surface area contributed by atoms with E-state index in [4.69, 9.17) is 0 Å². The first-order chi connectivity index (χ1) is 12.7. The molecule has 1 aromatic carbocycles. The third kappa shape index (κ3) is 3.48. The second kappa shape index (κ2) is 7.30. The van der Waals surface area contributed by atoms with Crippen LogP contribution in [0, 0.1) is 0 Å². The van der Waals surface area contributed by atoms with Gasteiger partial charge < -0.3 is 10.3 Å². The molecule has 1 amide bonds. The molecule has 1 fully saturated rings. The fourth-order valence-electron chi connectivity index (χ4n) is 3.75. The summed E-state index contributed by atoms with van der Waals surface area (Å²) in [7, 11) is 0. The summed E-state index contributed by atoms with van der Waals surface area (Å²) in [5.41, 5.74) is 3.08. The zero-order chi connectivity index (χ0) is 17.9. The minimum atomic E-state index is 0.0220. The van der Waals surface area contributed by atoms with Crippen LogP contribution in [-0.4, -0.2) is 39.9 Å². The molecular formula is C21H24N4O.